The topological polar surface area (TPSA) is 59.2 Å². The monoisotopic (exact) mass is 329 g/mol. The van der Waals surface area contributed by atoms with Crippen molar-refractivity contribution in [1.29, 1.82) is 0 Å². The molecule has 0 saturated carbocycles. The molecule has 0 spiro atoms. The summed E-state index contributed by atoms with van der Waals surface area (Å²) >= 11 is 1.49. The third-order valence-electron chi connectivity index (χ3n) is 4.24. The zero-order valence-electron chi connectivity index (χ0n) is 13.8. The highest BCUT2D eigenvalue weighted by Crippen LogP contribution is 2.30. The van der Waals surface area contributed by atoms with Gasteiger partial charge >= 0.3 is 0 Å². The third-order valence-corrected chi connectivity index (χ3v) is 5.65. The largest absolute Gasteiger partial charge is 0.336 e. The predicted molar refractivity (Wildman–Crippen MR) is 93.9 cm³/mol. The average Bonchev–Trinajstić information content (AvgIpc) is 3.14. The second-order valence-corrected chi connectivity index (χ2v) is 8.20. The number of nitrogens with two attached hydrogens (primary N) is 1. The van der Waals surface area contributed by atoms with Crippen LogP contribution in [0.25, 0.3) is 0 Å². The van der Waals surface area contributed by atoms with Crippen LogP contribution in [-0.4, -0.2) is 34.9 Å². The molecule has 0 aliphatic carbocycles. The molecule has 0 radical (unpaired) electrons. The SMILES string of the molecule is CC(C)(C)c1ncc(C(=O)N2C[C@@H](N)[C@H](c3ccccc3)C2)s1. The van der Waals surface area contributed by atoms with Crippen molar-refractivity contribution in [2.24, 2.45) is 5.73 Å². The van der Waals surface area contributed by atoms with Crippen LogP contribution in [0.2, 0.25) is 0 Å². The molecule has 2 atom stereocenters. The number of hydrogen-bond acceptors (Lipinski definition) is 4. The van der Waals surface area contributed by atoms with Gasteiger partial charge in [0.05, 0.1) is 11.2 Å². The van der Waals surface area contributed by atoms with Crippen molar-refractivity contribution in [1.82, 2.24) is 9.88 Å². The van der Waals surface area contributed by atoms with Crippen molar-refractivity contribution in [2.45, 2.75) is 38.1 Å². The van der Waals surface area contributed by atoms with Gasteiger partial charge in [0.1, 0.15) is 4.88 Å². The van der Waals surface area contributed by atoms with Crippen LogP contribution in [0.5, 0.6) is 0 Å². The lowest BCUT2D eigenvalue weighted by molar-refractivity contribution is 0.0793. The number of rotatable bonds is 2. The van der Waals surface area contributed by atoms with Crippen LogP contribution in [0, 0.1) is 0 Å². The molecule has 122 valence electrons. The Hall–Kier alpha value is -1.72. The Labute approximate surface area is 141 Å². The molecule has 23 heavy (non-hydrogen) atoms. The number of carbonyl (C=O) groups is 1. The minimum Gasteiger partial charge on any atom is -0.336 e. The summed E-state index contributed by atoms with van der Waals surface area (Å²) in [4.78, 5) is 19.7. The number of benzene rings is 1. The van der Waals surface area contributed by atoms with Gasteiger partial charge in [0.15, 0.2) is 0 Å². The number of carbonyl (C=O) groups excluding carboxylic acids is 1. The van der Waals surface area contributed by atoms with Gasteiger partial charge in [0.2, 0.25) is 0 Å². The molecule has 4 nitrogen and oxygen atoms in total. The van der Waals surface area contributed by atoms with Gasteiger partial charge in [-0.05, 0) is 5.56 Å². The number of nitrogens with zero attached hydrogens (tertiary/aromatic N) is 2. The first-order valence-electron chi connectivity index (χ1n) is 7.92. The van der Waals surface area contributed by atoms with E-state index in [9.17, 15) is 4.79 Å². The second kappa shape index (κ2) is 6.06. The van der Waals surface area contributed by atoms with Gasteiger partial charge in [-0.25, -0.2) is 4.98 Å². The molecule has 0 bridgehead atoms. The van der Waals surface area contributed by atoms with E-state index in [0.717, 1.165) is 5.01 Å². The highest BCUT2D eigenvalue weighted by Gasteiger charge is 2.35. The number of likely N-dealkylation sites (tertiary alicyclic amines) is 1. The lowest BCUT2D eigenvalue weighted by atomic mass is 9.95. The van der Waals surface area contributed by atoms with E-state index in [2.05, 4.69) is 37.9 Å². The minimum absolute atomic E-state index is 0.0173. The molecule has 3 rings (SSSR count). The summed E-state index contributed by atoms with van der Waals surface area (Å²) in [6.07, 6.45) is 1.70. The van der Waals surface area contributed by atoms with Gasteiger partial charge < -0.3 is 10.6 Å². The smallest absolute Gasteiger partial charge is 0.265 e. The van der Waals surface area contributed by atoms with E-state index in [-0.39, 0.29) is 23.3 Å². The summed E-state index contributed by atoms with van der Waals surface area (Å²) in [7, 11) is 0. The van der Waals surface area contributed by atoms with Crippen molar-refractivity contribution in [3.63, 3.8) is 0 Å². The van der Waals surface area contributed by atoms with Crippen molar-refractivity contribution in [3.8, 4) is 0 Å². The summed E-state index contributed by atoms with van der Waals surface area (Å²) in [5.74, 6) is 0.252. The molecule has 1 aliphatic rings. The van der Waals surface area contributed by atoms with Gasteiger partial charge in [-0.2, -0.15) is 0 Å². The fraction of sp³-hybridized carbons (Fsp3) is 0.444. The molecule has 1 amide bonds. The molecule has 1 aliphatic heterocycles. The van der Waals surface area contributed by atoms with Crippen LogP contribution in [0.1, 0.15) is 46.9 Å². The van der Waals surface area contributed by atoms with Crippen molar-refractivity contribution in [2.75, 3.05) is 13.1 Å². The van der Waals surface area contributed by atoms with Crippen LogP contribution >= 0.6 is 11.3 Å². The van der Waals surface area contributed by atoms with Gasteiger partial charge in [-0.15, -0.1) is 11.3 Å². The van der Waals surface area contributed by atoms with Gasteiger partial charge in [0.25, 0.3) is 5.91 Å². The summed E-state index contributed by atoms with van der Waals surface area (Å²) in [6, 6.07) is 10.2. The second-order valence-electron chi connectivity index (χ2n) is 7.17. The van der Waals surface area contributed by atoms with Crippen molar-refractivity contribution in [3.05, 3.63) is 52.0 Å². The number of amides is 1. The average molecular weight is 329 g/mol. The Kier molecular flexibility index (Phi) is 4.25. The molecule has 1 fully saturated rings. The molecule has 1 saturated heterocycles. The van der Waals surface area contributed by atoms with Gasteiger partial charge in [-0.3, -0.25) is 4.79 Å². The lowest BCUT2D eigenvalue weighted by Crippen LogP contribution is -2.31. The highest BCUT2D eigenvalue weighted by atomic mass is 32.1. The quantitative estimate of drug-likeness (QED) is 0.921. The van der Waals surface area contributed by atoms with Crippen LogP contribution < -0.4 is 5.73 Å². The third kappa shape index (κ3) is 3.31. The van der Waals surface area contributed by atoms with Crippen LogP contribution in [-0.2, 0) is 5.41 Å². The number of hydrogen-bond donors (Lipinski definition) is 1. The van der Waals surface area contributed by atoms with Gasteiger partial charge in [-0.1, -0.05) is 51.1 Å². The molecule has 2 heterocycles. The first-order chi connectivity index (χ1) is 10.9. The molecule has 5 heteroatoms. The summed E-state index contributed by atoms with van der Waals surface area (Å²) < 4.78 is 0. The molecule has 1 aromatic carbocycles. The van der Waals surface area contributed by atoms with E-state index in [1.807, 2.05) is 23.1 Å². The first-order valence-corrected chi connectivity index (χ1v) is 8.74. The Morgan fingerprint density at radius 1 is 1.26 bits per heavy atom. The minimum atomic E-state index is -0.0306. The standard InChI is InChI=1S/C18H23N3OS/c1-18(2,3)17-20-9-15(23-17)16(22)21-10-13(14(19)11-21)12-7-5-4-6-8-12/h4-9,13-14H,10-11,19H2,1-3H3/t13-,14+/m0/s1. The molecule has 1 aromatic heterocycles. The van der Waals surface area contributed by atoms with Crippen LogP contribution in [0.15, 0.2) is 36.5 Å². The van der Waals surface area contributed by atoms with Crippen LogP contribution in [0.4, 0.5) is 0 Å². The van der Waals surface area contributed by atoms with E-state index in [1.54, 1.807) is 6.20 Å². The van der Waals surface area contributed by atoms with Crippen molar-refractivity contribution < 1.29 is 4.79 Å². The van der Waals surface area contributed by atoms with Crippen LogP contribution in [0.3, 0.4) is 0 Å². The van der Waals surface area contributed by atoms with E-state index in [0.29, 0.717) is 18.0 Å². The maximum atomic E-state index is 12.8. The maximum absolute atomic E-state index is 12.8. The Morgan fingerprint density at radius 3 is 2.57 bits per heavy atom. The lowest BCUT2D eigenvalue weighted by Gasteiger charge is -2.16. The van der Waals surface area contributed by atoms with E-state index in [1.165, 1.54) is 16.9 Å². The number of aromatic nitrogens is 1. The molecule has 0 unspecified atom stereocenters. The first kappa shape index (κ1) is 16.1. The molecule has 2 N–H and O–H groups in total. The summed E-state index contributed by atoms with van der Waals surface area (Å²) in [5.41, 5.74) is 7.46. The highest BCUT2D eigenvalue weighted by molar-refractivity contribution is 7.13. The summed E-state index contributed by atoms with van der Waals surface area (Å²) in [6.45, 7) is 7.60. The summed E-state index contributed by atoms with van der Waals surface area (Å²) in [5, 5.41) is 0.990. The van der Waals surface area contributed by atoms with E-state index < -0.39 is 0 Å². The fourth-order valence-electron chi connectivity index (χ4n) is 2.92. The van der Waals surface area contributed by atoms with Crippen molar-refractivity contribution >= 4 is 17.2 Å². The number of thiazole rings is 1. The molecular weight excluding hydrogens is 306 g/mol. The normalized spacial score (nSPS) is 21.7. The Balaban J connectivity index is 1.75. The van der Waals surface area contributed by atoms with Gasteiger partial charge in [0, 0.05) is 30.5 Å². The zero-order chi connectivity index (χ0) is 16.6. The van der Waals surface area contributed by atoms with E-state index in [4.69, 9.17) is 5.73 Å². The Morgan fingerprint density at radius 2 is 1.96 bits per heavy atom. The molecule has 2 aromatic rings. The molecular formula is C18H23N3OS. The Bertz CT molecular complexity index is 690. The predicted octanol–water partition coefficient (Wildman–Crippen LogP) is 3.01. The van der Waals surface area contributed by atoms with E-state index >= 15 is 0 Å². The fourth-order valence-corrected chi connectivity index (χ4v) is 3.87. The zero-order valence-corrected chi connectivity index (χ0v) is 14.6. The maximum Gasteiger partial charge on any atom is 0.265 e.